The first kappa shape index (κ1) is 39.4. The van der Waals surface area contributed by atoms with Crippen LogP contribution < -0.4 is 17.0 Å². The van der Waals surface area contributed by atoms with Gasteiger partial charge in [0.2, 0.25) is 0 Å². The Balaban J connectivity index is 0.0000144. The Hall–Kier alpha value is 0.400. The number of quaternary nitrogens is 1. The molecular formula is C36H74BrNO. The maximum atomic E-state index is 5.64. The Kier molecular flexibility index (Phi) is 30.2. The van der Waals surface area contributed by atoms with Crippen LogP contribution in [0.1, 0.15) is 194 Å². The Morgan fingerprint density at radius 3 is 0.897 bits per heavy atom. The maximum Gasteiger partial charge on any atom is 0.130 e. The van der Waals surface area contributed by atoms with E-state index in [4.69, 9.17) is 4.74 Å². The second kappa shape index (κ2) is 29.9. The first-order valence-electron chi connectivity index (χ1n) is 18.2. The molecule has 0 bridgehead atoms. The van der Waals surface area contributed by atoms with Crippen molar-refractivity contribution < 1.29 is 26.2 Å². The van der Waals surface area contributed by atoms with Gasteiger partial charge in [0.25, 0.3) is 0 Å². The van der Waals surface area contributed by atoms with Gasteiger partial charge in [0.15, 0.2) is 0 Å². The molecule has 1 aliphatic heterocycles. The van der Waals surface area contributed by atoms with Crippen molar-refractivity contribution in [1.29, 1.82) is 0 Å². The van der Waals surface area contributed by atoms with E-state index < -0.39 is 0 Å². The summed E-state index contributed by atoms with van der Waals surface area (Å²) >= 11 is 0. The highest BCUT2D eigenvalue weighted by Gasteiger charge is 2.33. The molecule has 1 heterocycles. The summed E-state index contributed by atoms with van der Waals surface area (Å²) in [5.41, 5.74) is 0. The second-order valence-electron chi connectivity index (χ2n) is 13.4. The summed E-state index contributed by atoms with van der Waals surface area (Å²) < 4.78 is 6.90. The summed E-state index contributed by atoms with van der Waals surface area (Å²) in [6.07, 6.45) is 41.3. The molecule has 0 saturated carbocycles. The molecule has 0 radical (unpaired) electrons. The molecule has 1 fully saturated rings. The van der Waals surface area contributed by atoms with Gasteiger partial charge >= 0.3 is 0 Å². The summed E-state index contributed by atoms with van der Waals surface area (Å²) in [6, 6.07) is 0. The highest BCUT2D eigenvalue weighted by Crippen LogP contribution is 2.20. The first-order chi connectivity index (χ1) is 18.7. The molecule has 0 aromatic carbocycles. The van der Waals surface area contributed by atoms with Crippen LogP contribution in [-0.2, 0) is 4.74 Å². The molecule has 1 atom stereocenters. The molecule has 1 rings (SSSR count). The van der Waals surface area contributed by atoms with Gasteiger partial charge in [0.05, 0.1) is 26.7 Å². The van der Waals surface area contributed by atoms with Crippen molar-refractivity contribution in [3.63, 3.8) is 0 Å². The zero-order chi connectivity index (χ0) is 27.4. The molecular weight excluding hydrogens is 542 g/mol. The third kappa shape index (κ3) is 28.3. The van der Waals surface area contributed by atoms with Crippen LogP contribution in [0.2, 0.25) is 0 Å². The Morgan fingerprint density at radius 1 is 0.436 bits per heavy atom. The molecule has 0 spiro atoms. The average molecular weight is 617 g/mol. The molecule has 1 aliphatic rings. The van der Waals surface area contributed by atoms with E-state index in [1.54, 1.807) is 0 Å². The largest absolute Gasteiger partial charge is 1.00 e. The van der Waals surface area contributed by atoms with Gasteiger partial charge in [-0.3, -0.25) is 0 Å². The highest BCUT2D eigenvalue weighted by atomic mass is 79.9. The van der Waals surface area contributed by atoms with Crippen LogP contribution in [0.5, 0.6) is 0 Å². The number of halogens is 1. The molecule has 0 aliphatic carbocycles. The topological polar surface area (TPSA) is 12.5 Å². The van der Waals surface area contributed by atoms with E-state index in [0.717, 1.165) is 6.61 Å². The van der Waals surface area contributed by atoms with E-state index in [-0.39, 0.29) is 17.0 Å². The van der Waals surface area contributed by atoms with E-state index in [1.165, 1.54) is 204 Å². The Morgan fingerprint density at radius 2 is 0.667 bits per heavy atom. The predicted octanol–water partition coefficient (Wildman–Crippen LogP) is 8.80. The molecule has 0 aromatic rings. The van der Waals surface area contributed by atoms with Gasteiger partial charge in [0.1, 0.15) is 12.6 Å². The van der Waals surface area contributed by atoms with Gasteiger partial charge in [0, 0.05) is 0 Å². The fourth-order valence-electron chi connectivity index (χ4n) is 6.34. The lowest BCUT2D eigenvalue weighted by molar-refractivity contribution is -0.910. The normalized spacial score (nSPS) is 15.0. The number of epoxide rings is 1. The lowest BCUT2D eigenvalue weighted by Crippen LogP contribution is -3.00. The minimum Gasteiger partial charge on any atom is -1.00 e. The first-order valence-corrected chi connectivity index (χ1v) is 18.2. The summed E-state index contributed by atoms with van der Waals surface area (Å²) in [5.74, 6) is 0. The molecule has 0 aromatic heterocycles. The summed E-state index contributed by atoms with van der Waals surface area (Å²) in [6.45, 7) is 9.64. The zero-order valence-electron chi connectivity index (χ0n) is 27.4. The number of ether oxygens (including phenoxy) is 1. The van der Waals surface area contributed by atoms with Crippen LogP contribution in [0, 0.1) is 0 Å². The third-order valence-corrected chi connectivity index (χ3v) is 9.15. The number of hydrogen-bond donors (Lipinski definition) is 0. The summed E-state index contributed by atoms with van der Waals surface area (Å²) in [5, 5.41) is 0. The van der Waals surface area contributed by atoms with Gasteiger partial charge in [-0.05, 0) is 25.7 Å². The standard InChI is InChI=1S/C36H74NO.BrH/c1-4-6-8-10-12-14-16-18-20-22-24-26-28-30-32-37(3,34-36-35-38-36)33-31-29-27-25-23-21-19-17-15-13-11-9-7-5-2;/h36H,4-35H2,1-3H3;1H/q+1;/p-1. The molecule has 0 N–H and O–H groups in total. The minimum absolute atomic E-state index is 0. The molecule has 3 heteroatoms. The predicted molar refractivity (Wildman–Crippen MR) is 171 cm³/mol. The fourth-order valence-corrected chi connectivity index (χ4v) is 6.34. The van der Waals surface area contributed by atoms with Crippen LogP contribution in [0.3, 0.4) is 0 Å². The number of nitrogens with zero attached hydrogens (tertiary/aromatic N) is 1. The number of hydrogen-bond acceptors (Lipinski definition) is 1. The smallest absolute Gasteiger partial charge is 0.130 e. The molecule has 236 valence electrons. The summed E-state index contributed by atoms with van der Waals surface area (Å²) in [4.78, 5) is 0. The van der Waals surface area contributed by atoms with Crippen molar-refractivity contribution in [2.75, 3.05) is 33.3 Å². The maximum absolute atomic E-state index is 5.64. The number of unbranched alkanes of at least 4 members (excludes halogenated alkanes) is 26. The number of rotatable bonds is 32. The van der Waals surface area contributed by atoms with Crippen molar-refractivity contribution in [2.24, 2.45) is 0 Å². The second-order valence-corrected chi connectivity index (χ2v) is 13.4. The van der Waals surface area contributed by atoms with Gasteiger partial charge < -0.3 is 26.2 Å². The van der Waals surface area contributed by atoms with Crippen molar-refractivity contribution in [2.45, 2.75) is 200 Å². The number of likely N-dealkylation sites (N-methyl/N-ethyl adjacent to an activating group) is 1. The highest BCUT2D eigenvalue weighted by molar-refractivity contribution is 4.68. The van der Waals surface area contributed by atoms with Gasteiger partial charge in [-0.25, -0.2) is 0 Å². The molecule has 2 nitrogen and oxygen atoms in total. The van der Waals surface area contributed by atoms with Crippen molar-refractivity contribution in [3.05, 3.63) is 0 Å². The Bertz CT molecular complexity index is 435. The van der Waals surface area contributed by atoms with E-state index in [1.807, 2.05) is 0 Å². The van der Waals surface area contributed by atoms with Crippen LogP contribution in [0.4, 0.5) is 0 Å². The van der Waals surface area contributed by atoms with Crippen molar-refractivity contribution in [3.8, 4) is 0 Å². The summed E-state index contributed by atoms with van der Waals surface area (Å²) in [7, 11) is 2.52. The van der Waals surface area contributed by atoms with Crippen molar-refractivity contribution in [1.82, 2.24) is 0 Å². The third-order valence-electron chi connectivity index (χ3n) is 9.15. The molecule has 1 unspecified atom stereocenters. The van der Waals surface area contributed by atoms with Crippen LogP contribution in [-0.4, -0.2) is 43.9 Å². The van der Waals surface area contributed by atoms with Crippen LogP contribution in [0.15, 0.2) is 0 Å². The quantitative estimate of drug-likeness (QED) is 0.0418. The fraction of sp³-hybridized carbons (Fsp3) is 1.00. The van der Waals surface area contributed by atoms with E-state index in [9.17, 15) is 0 Å². The van der Waals surface area contributed by atoms with Gasteiger partial charge in [-0.2, -0.15) is 0 Å². The van der Waals surface area contributed by atoms with Gasteiger partial charge in [-0.1, -0.05) is 168 Å². The van der Waals surface area contributed by atoms with Gasteiger partial charge in [-0.15, -0.1) is 0 Å². The monoisotopic (exact) mass is 615 g/mol. The molecule has 0 amide bonds. The zero-order valence-corrected chi connectivity index (χ0v) is 29.0. The van der Waals surface area contributed by atoms with E-state index in [0.29, 0.717) is 6.10 Å². The SMILES string of the molecule is CCCCCCCCCCCCCCCC[N+](C)(CCCCCCCCCCCCCCCC)CC1CO1.[Br-]. The van der Waals surface area contributed by atoms with E-state index in [2.05, 4.69) is 20.9 Å². The lowest BCUT2D eigenvalue weighted by atomic mass is 10.0. The van der Waals surface area contributed by atoms with Crippen LogP contribution >= 0.6 is 0 Å². The Labute approximate surface area is 258 Å². The van der Waals surface area contributed by atoms with Crippen molar-refractivity contribution >= 4 is 0 Å². The van der Waals surface area contributed by atoms with Crippen LogP contribution in [0.25, 0.3) is 0 Å². The molecule has 39 heavy (non-hydrogen) atoms. The average Bonchev–Trinajstić information content (AvgIpc) is 3.73. The lowest BCUT2D eigenvalue weighted by Gasteiger charge is -2.34. The van der Waals surface area contributed by atoms with E-state index >= 15 is 0 Å². The molecule has 1 saturated heterocycles. The minimum atomic E-state index is 0.